The molecule has 1 aromatic rings. The fraction of sp³-hybridized carbons (Fsp3) is 0.692. The van der Waals surface area contributed by atoms with Crippen LogP contribution >= 0.6 is 0 Å². The molecule has 6 heteroatoms. The lowest BCUT2D eigenvalue weighted by Gasteiger charge is -2.17. The average molecular weight is 266 g/mol. The van der Waals surface area contributed by atoms with Crippen LogP contribution in [0.15, 0.2) is 6.20 Å². The number of aryl methyl sites for hydroxylation is 1. The minimum Gasteiger partial charge on any atom is -0.380 e. The smallest absolute Gasteiger partial charge is 0.237 e. The van der Waals surface area contributed by atoms with Gasteiger partial charge in [0.1, 0.15) is 0 Å². The number of ether oxygens (including phenoxy) is 1. The van der Waals surface area contributed by atoms with Gasteiger partial charge in [0.2, 0.25) is 5.91 Å². The van der Waals surface area contributed by atoms with E-state index in [0.29, 0.717) is 0 Å². The van der Waals surface area contributed by atoms with Crippen LogP contribution in [-0.4, -0.2) is 41.5 Å². The molecule has 2 heterocycles. The van der Waals surface area contributed by atoms with Crippen LogP contribution in [0.4, 0.5) is 0 Å². The average Bonchev–Trinajstić information content (AvgIpc) is 2.98. The number of amides is 1. The first kappa shape index (κ1) is 14.0. The first-order chi connectivity index (χ1) is 9.02. The third kappa shape index (κ3) is 2.96. The van der Waals surface area contributed by atoms with Crippen molar-refractivity contribution in [2.45, 2.75) is 38.5 Å². The van der Waals surface area contributed by atoms with E-state index in [2.05, 4.69) is 15.7 Å². The molecule has 1 aromatic heterocycles. The topological polar surface area (TPSA) is 68.2 Å². The van der Waals surface area contributed by atoms with Crippen molar-refractivity contribution in [2.75, 3.05) is 13.7 Å². The summed E-state index contributed by atoms with van der Waals surface area (Å²) in [6.07, 6.45) is 2.66. The highest BCUT2D eigenvalue weighted by Crippen LogP contribution is 2.17. The van der Waals surface area contributed by atoms with Crippen molar-refractivity contribution in [1.29, 1.82) is 0 Å². The number of carbonyl (C=O) groups is 1. The number of methoxy groups -OCH3 is 1. The van der Waals surface area contributed by atoms with Gasteiger partial charge in [0.25, 0.3) is 0 Å². The van der Waals surface area contributed by atoms with Gasteiger partial charge in [-0.25, -0.2) is 0 Å². The van der Waals surface area contributed by atoms with Crippen LogP contribution in [0.1, 0.15) is 30.6 Å². The maximum atomic E-state index is 12.2. The van der Waals surface area contributed by atoms with E-state index in [4.69, 9.17) is 4.74 Å². The Morgan fingerprint density at radius 1 is 1.68 bits per heavy atom. The fourth-order valence-electron chi connectivity index (χ4n) is 2.42. The summed E-state index contributed by atoms with van der Waals surface area (Å²) >= 11 is 0. The van der Waals surface area contributed by atoms with Crippen molar-refractivity contribution >= 4 is 5.91 Å². The molecule has 0 aliphatic carbocycles. The van der Waals surface area contributed by atoms with E-state index in [1.165, 1.54) is 0 Å². The Morgan fingerprint density at radius 3 is 2.95 bits per heavy atom. The molecule has 1 aliphatic heterocycles. The summed E-state index contributed by atoms with van der Waals surface area (Å²) in [7, 11) is 3.57. The van der Waals surface area contributed by atoms with Crippen molar-refractivity contribution in [3.63, 3.8) is 0 Å². The Hall–Kier alpha value is -1.40. The summed E-state index contributed by atoms with van der Waals surface area (Å²) in [6, 6.07) is -0.200. The standard InChI is InChI=1S/C13H22N4O2/c1-8(11-7-15-17(3)9(11)2)16-13(18)12-5-10(19-4)6-14-12/h7-8,10,12,14H,5-6H2,1-4H3,(H,16,18). The fourth-order valence-corrected chi connectivity index (χ4v) is 2.42. The lowest BCUT2D eigenvalue weighted by Crippen LogP contribution is -2.41. The molecule has 6 nitrogen and oxygen atoms in total. The number of carbonyl (C=O) groups excluding carboxylic acids is 1. The number of hydrogen-bond donors (Lipinski definition) is 2. The van der Waals surface area contributed by atoms with Gasteiger partial charge in [0.05, 0.1) is 24.4 Å². The van der Waals surface area contributed by atoms with Crippen LogP contribution in [0.2, 0.25) is 0 Å². The van der Waals surface area contributed by atoms with Crippen molar-refractivity contribution in [3.8, 4) is 0 Å². The molecule has 0 aromatic carbocycles. The first-order valence-electron chi connectivity index (χ1n) is 6.58. The molecule has 0 bridgehead atoms. The number of hydrogen-bond acceptors (Lipinski definition) is 4. The summed E-state index contributed by atoms with van der Waals surface area (Å²) < 4.78 is 7.06. The second-order valence-corrected chi connectivity index (χ2v) is 5.09. The highest BCUT2D eigenvalue weighted by atomic mass is 16.5. The van der Waals surface area contributed by atoms with Crippen LogP contribution in [0.5, 0.6) is 0 Å². The van der Waals surface area contributed by atoms with Gasteiger partial charge >= 0.3 is 0 Å². The van der Waals surface area contributed by atoms with E-state index in [1.807, 2.05) is 25.6 Å². The first-order valence-corrected chi connectivity index (χ1v) is 6.58. The van der Waals surface area contributed by atoms with E-state index >= 15 is 0 Å². The highest BCUT2D eigenvalue weighted by Gasteiger charge is 2.30. The lowest BCUT2D eigenvalue weighted by molar-refractivity contribution is -0.123. The summed E-state index contributed by atoms with van der Waals surface area (Å²) in [6.45, 7) is 4.71. The minimum atomic E-state index is -0.163. The summed E-state index contributed by atoms with van der Waals surface area (Å²) in [4.78, 5) is 12.2. The van der Waals surface area contributed by atoms with E-state index < -0.39 is 0 Å². The van der Waals surface area contributed by atoms with Crippen LogP contribution < -0.4 is 10.6 Å². The molecule has 0 spiro atoms. The largest absolute Gasteiger partial charge is 0.380 e. The Labute approximate surface area is 113 Å². The molecule has 3 unspecified atom stereocenters. The normalized spacial score (nSPS) is 24.4. The van der Waals surface area contributed by atoms with Crippen LogP contribution in [0, 0.1) is 6.92 Å². The Morgan fingerprint density at radius 2 is 2.42 bits per heavy atom. The number of nitrogens with one attached hydrogen (secondary N) is 2. The van der Waals surface area contributed by atoms with Gasteiger partial charge in [0.15, 0.2) is 0 Å². The maximum Gasteiger partial charge on any atom is 0.237 e. The summed E-state index contributed by atoms with van der Waals surface area (Å²) in [5.74, 6) is 0.0234. The Kier molecular flexibility index (Phi) is 4.21. The number of aromatic nitrogens is 2. The van der Waals surface area contributed by atoms with Gasteiger partial charge in [-0.1, -0.05) is 0 Å². The van der Waals surface area contributed by atoms with Crippen molar-refractivity contribution in [1.82, 2.24) is 20.4 Å². The molecule has 3 atom stereocenters. The van der Waals surface area contributed by atoms with Crippen LogP contribution in [0.3, 0.4) is 0 Å². The Bertz CT molecular complexity index is 457. The quantitative estimate of drug-likeness (QED) is 0.821. The maximum absolute atomic E-state index is 12.2. The molecule has 1 aliphatic rings. The monoisotopic (exact) mass is 266 g/mol. The van der Waals surface area contributed by atoms with E-state index in [-0.39, 0.29) is 24.1 Å². The predicted octanol–water partition coefficient (Wildman–Crippen LogP) is 0.283. The summed E-state index contributed by atoms with van der Waals surface area (Å²) in [5, 5.41) is 10.4. The molecule has 0 radical (unpaired) electrons. The second kappa shape index (κ2) is 5.71. The van der Waals surface area contributed by atoms with Crippen molar-refractivity contribution in [2.24, 2.45) is 7.05 Å². The van der Waals surface area contributed by atoms with Gasteiger partial charge < -0.3 is 15.4 Å². The summed E-state index contributed by atoms with van der Waals surface area (Å²) in [5.41, 5.74) is 2.12. The van der Waals surface area contributed by atoms with Crippen molar-refractivity contribution in [3.05, 3.63) is 17.5 Å². The van der Waals surface area contributed by atoms with Crippen LogP contribution in [-0.2, 0) is 16.6 Å². The second-order valence-electron chi connectivity index (χ2n) is 5.09. The van der Waals surface area contributed by atoms with Gasteiger partial charge in [0, 0.05) is 32.0 Å². The van der Waals surface area contributed by atoms with Gasteiger partial charge in [-0.05, 0) is 20.3 Å². The lowest BCUT2D eigenvalue weighted by atomic mass is 10.1. The zero-order valence-electron chi connectivity index (χ0n) is 11.9. The molecule has 1 amide bonds. The molecule has 2 rings (SSSR count). The molecule has 1 saturated heterocycles. The zero-order valence-corrected chi connectivity index (χ0v) is 11.9. The SMILES string of the molecule is COC1CNC(C(=O)NC(C)c2cnn(C)c2C)C1. The number of nitrogens with zero attached hydrogens (tertiary/aromatic N) is 2. The number of rotatable bonds is 4. The Balaban J connectivity index is 1.94. The third-order valence-corrected chi connectivity index (χ3v) is 3.84. The highest BCUT2D eigenvalue weighted by molar-refractivity contribution is 5.82. The van der Waals surface area contributed by atoms with E-state index in [0.717, 1.165) is 24.2 Å². The molecule has 1 fully saturated rings. The molecule has 19 heavy (non-hydrogen) atoms. The van der Waals surface area contributed by atoms with Gasteiger partial charge in [-0.2, -0.15) is 5.10 Å². The molecule has 2 N–H and O–H groups in total. The minimum absolute atomic E-state index is 0.0234. The van der Waals surface area contributed by atoms with Gasteiger partial charge in [-0.15, -0.1) is 0 Å². The predicted molar refractivity (Wildman–Crippen MR) is 71.7 cm³/mol. The third-order valence-electron chi connectivity index (χ3n) is 3.84. The molecular formula is C13H22N4O2. The molecule has 106 valence electrons. The zero-order chi connectivity index (χ0) is 14.0. The van der Waals surface area contributed by atoms with Crippen LogP contribution in [0.25, 0.3) is 0 Å². The van der Waals surface area contributed by atoms with Crippen molar-refractivity contribution < 1.29 is 9.53 Å². The molecular weight excluding hydrogens is 244 g/mol. The van der Waals surface area contributed by atoms with E-state index in [9.17, 15) is 4.79 Å². The van der Waals surface area contributed by atoms with Gasteiger partial charge in [-0.3, -0.25) is 9.48 Å². The molecule has 0 saturated carbocycles. The van der Waals surface area contributed by atoms with E-state index in [1.54, 1.807) is 13.3 Å².